The molecule has 0 saturated heterocycles. The number of aromatic nitrogens is 2. The second-order valence-electron chi connectivity index (χ2n) is 3.32. The van der Waals surface area contributed by atoms with Crippen LogP contribution in [0, 0.1) is 0 Å². The van der Waals surface area contributed by atoms with Crippen molar-refractivity contribution < 1.29 is 0 Å². The molecule has 0 aliphatic rings. The fourth-order valence-electron chi connectivity index (χ4n) is 1.48. The summed E-state index contributed by atoms with van der Waals surface area (Å²) in [5.41, 5.74) is 7.73. The summed E-state index contributed by atoms with van der Waals surface area (Å²) in [6.07, 6.45) is 0. The third kappa shape index (κ3) is 2.20. The second kappa shape index (κ2) is 4.59. The molecule has 0 amide bonds. The number of nitrogens with two attached hydrogens (primary N) is 1. The highest BCUT2D eigenvalue weighted by Gasteiger charge is 2.06. The van der Waals surface area contributed by atoms with Crippen molar-refractivity contribution in [1.29, 1.82) is 0 Å². The summed E-state index contributed by atoms with van der Waals surface area (Å²) in [6.45, 7) is 0.290. The Balaban J connectivity index is 2.59. The number of rotatable bonds is 2. The second-order valence-corrected chi connectivity index (χ2v) is 4.24. The Morgan fingerprint density at radius 3 is 2.88 bits per heavy atom. The van der Waals surface area contributed by atoms with Gasteiger partial charge in [0.25, 0.3) is 5.56 Å². The number of aromatic amines is 1. The highest BCUT2D eigenvalue weighted by atomic mass is 79.9. The summed E-state index contributed by atoms with van der Waals surface area (Å²) in [7, 11) is 0. The van der Waals surface area contributed by atoms with Crippen LogP contribution in [0.5, 0.6) is 0 Å². The van der Waals surface area contributed by atoms with Crippen LogP contribution in [0.1, 0.15) is 5.56 Å². The van der Waals surface area contributed by atoms with Crippen LogP contribution in [-0.2, 0) is 6.54 Å². The van der Waals surface area contributed by atoms with E-state index in [1.165, 1.54) is 6.07 Å². The maximum absolute atomic E-state index is 11.1. The Hall–Kier alpha value is -1.46. The number of H-pyrrole nitrogens is 1. The normalized spacial score (nSPS) is 10.4. The Morgan fingerprint density at radius 2 is 2.19 bits per heavy atom. The molecule has 5 heteroatoms. The first-order chi connectivity index (χ1) is 7.70. The molecule has 1 aromatic heterocycles. The summed E-state index contributed by atoms with van der Waals surface area (Å²) >= 11 is 3.39. The topological polar surface area (TPSA) is 71.8 Å². The van der Waals surface area contributed by atoms with Crippen LogP contribution in [-0.4, -0.2) is 10.2 Å². The quantitative estimate of drug-likeness (QED) is 0.878. The number of benzene rings is 1. The zero-order chi connectivity index (χ0) is 11.5. The van der Waals surface area contributed by atoms with Gasteiger partial charge >= 0.3 is 0 Å². The van der Waals surface area contributed by atoms with E-state index in [1.807, 2.05) is 24.3 Å². The maximum Gasteiger partial charge on any atom is 0.264 e. The Bertz CT molecular complexity index is 565. The SMILES string of the molecule is NCc1cc(=O)[nH]nc1-c1cccc(Br)c1. The van der Waals surface area contributed by atoms with Crippen LogP contribution in [0.25, 0.3) is 11.3 Å². The molecule has 0 spiro atoms. The standard InChI is InChI=1S/C11H10BrN3O/c12-9-3-1-2-7(4-9)11-8(6-13)5-10(16)14-15-11/h1-5H,6,13H2,(H,14,16). The molecule has 0 radical (unpaired) electrons. The molecule has 16 heavy (non-hydrogen) atoms. The van der Waals surface area contributed by atoms with Crippen molar-refractivity contribution >= 4 is 15.9 Å². The van der Waals surface area contributed by atoms with Gasteiger partial charge in [-0.15, -0.1) is 0 Å². The van der Waals surface area contributed by atoms with Crippen molar-refractivity contribution in [3.8, 4) is 11.3 Å². The average molecular weight is 280 g/mol. The summed E-state index contributed by atoms with van der Waals surface area (Å²) in [5, 5.41) is 6.44. The van der Waals surface area contributed by atoms with Gasteiger partial charge in [0.1, 0.15) is 0 Å². The van der Waals surface area contributed by atoms with Crippen molar-refractivity contribution in [2.45, 2.75) is 6.54 Å². The Kier molecular flexibility index (Phi) is 3.17. The predicted molar refractivity (Wildman–Crippen MR) is 65.9 cm³/mol. The predicted octanol–water partition coefficient (Wildman–Crippen LogP) is 1.66. The van der Waals surface area contributed by atoms with Gasteiger partial charge in [0.05, 0.1) is 5.69 Å². The lowest BCUT2D eigenvalue weighted by molar-refractivity contribution is 0.944. The van der Waals surface area contributed by atoms with Gasteiger partial charge < -0.3 is 5.73 Å². The van der Waals surface area contributed by atoms with Crippen LogP contribution < -0.4 is 11.3 Å². The summed E-state index contributed by atoms with van der Waals surface area (Å²) in [5.74, 6) is 0. The fourth-order valence-corrected chi connectivity index (χ4v) is 1.88. The van der Waals surface area contributed by atoms with E-state index >= 15 is 0 Å². The first kappa shape index (κ1) is 11.0. The Labute approximate surface area is 101 Å². The van der Waals surface area contributed by atoms with Gasteiger partial charge in [-0.3, -0.25) is 4.79 Å². The van der Waals surface area contributed by atoms with E-state index in [2.05, 4.69) is 26.1 Å². The molecule has 4 nitrogen and oxygen atoms in total. The van der Waals surface area contributed by atoms with Gasteiger partial charge in [0.2, 0.25) is 0 Å². The smallest absolute Gasteiger partial charge is 0.264 e. The largest absolute Gasteiger partial charge is 0.326 e. The van der Waals surface area contributed by atoms with Crippen LogP contribution in [0.15, 0.2) is 39.6 Å². The summed E-state index contributed by atoms with van der Waals surface area (Å²) in [4.78, 5) is 11.1. The lowest BCUT2D eigenvalue weighted by atomic mass is 10.1. The average Bonchev–Trinajstić information content (AvgIpc) is 2.28. The van der Waals surface area contributed by atoms with Gasteiger partial charge in [-0.2, -0.15) is 5.10 Å². The molecule has 0 atom stereocenters. The van der Waals surface area contributed by atoms with E-state index in [-0.39, 0.29) is 5.56 Å². The van der Waals surface area contributed by atoms with Crippen molar-refractivity contribution in [2.24, 2.45) is 5.73 Å². The van der Waals surface area contributed by atoms with Gasteiger partial charge in [-0.25, -0.2) is 5.10 Å². The van der Waals surface area contributed by atoms with E-state index in [1.54, 1.807) is 0 Å². The maximum atomic E-state index is 11.1. The van der Waals surface area contributed by atoms with E-state index in [0.29, 0.717) is 12.2 Å². The number of nitrogens with zero attached hydrogens (tertiary/aromatic N) is 1. The van der Waals surface area contributed by atoms with E-state index in [9.17, 15) is 4.79 Å². The van der Waals surface area contributed by atoms with E-state index < -0.39 is 0 Å². The van der Waals surface area contributed by atoms with Crippen LogP contribution in [0.3, 0.4) is 0 Å². The molecule has 0 saturated carbocycles. The number of hydrogen-bond donors (Lipinski definition) is 2. The Morgan fingerprint density at radius 1 is 1.38 bits per heavy atom. The van der Waals surface area contributed by atoms with E-state index in [0.717, 1.165) is 15.6 Å². The minimum absolute atomic E-state index is 0.237. The minimum Gasteiger partial charge on any atom is -0.326 e. The van der Waals surface area contributed by atoms with Gasteiger partial charge in [-0.1, -0.05) is 28.1 Å². The molecule has 3 N–H and O–H groups in total. The highest BCUT2D eigenvalue weighted by molar-refractivity contribution is 9.10. The fraction of sp³-hybridized carbons (Fsp3) is 0.0909. The molecular formula is C11H10BrN3O. The lowest BCUT2D eigenvalue weighted by Gasteiger charge is -2.05. The van der Waals surface area contributed by atoms with Crippen LogP contribution >= 0.6 is 15.9 Å². The van der Waals surface area contributed by atoms with E-state index in [4.69, 9.17) is 5.73 Å². The number of halogens is 1. The summed E-state index contributed by atoms with van der Waals surface area (Å²) in [6, 6.07) is 9.16. The molecule has 2 rings (SSSR count). The van der Waals surface area contributed by atoms with Crippen molar-refractivity contribution in [3.05, 3.63) is 50.7 Å². The minimum atomic E-state index is -0.237. The molecule has 82 valence electrons. The highest BCUT2D eigenvalue weighted by Crippen LogP contribution is 2.22. The van der Waals surface area contributed by atoms with Gasteiger partial charge in [-0.05, 0) is 17.7 Å². The lowest BCUT2D eigenvalue weighted by Crippen LogP contribution is -2.12. The molecule has 1 aromatic carbocycles. The van der Waals surface area contributed by atoms with Crippen LogP contribution in [0.4, 0.5) is 0 Å². The van der Waals surface area contributed by atoms with Gasteiger partial charge in [0.15, 0.2) is 0 Å². The third-order valence-electron chi connectivity index (χ3n) is 2.21. The third-order valence-corrected chi connectivity index (χ3v) is 2.70. The monoisotopic (exact) mass is 279 g/mol. The number of nitrogens with one attached hydrogen (secondary N) is 1. The molecule has 2 aromatic rings. The molecular weight excluding hydrogens is 270 g/mol. The van der Waals surface area contributed by atoms with Crippen LogP contribution in [0.2, 0.25) is 0 Å². The molecule has 0 aliphatic carbocycles. The van der Waals surface area contributed by atoms with Gasteiger partial charge in [0, 0.05) is 22.6 Å². The molecule has 0 bridgehead atoms. The van der Waals surface area contributed by atoms with Crippen molar-refractivity contribution in [2.75, 3.05) is 0 Å². The number of hydrogen-bond acceptors (Lipinski definition) is 3. The van der Waals surface area contributed by atoms with Crippen molar-refractivity contribution in [1.82, 2.24) is 10.2 Å². The zero-order valence-electron chi connectivity index (χ0n) is 8.40. The molecule has 0 fully saturated rings. The summed E-state index contributed by atoms with van der Waals surface area (Å²) < 4.78 is 0.959. The molecule has 0 unspecified atom stereocenters. The first-order valence-corrected chi connectivity index (χ1v) is 5.54. The zero-order valence-corrected chi connectivity index (χ0v) is 9.99. The first-order valence-electron chi connectivity index (χ1n) is 4.75. The molecule has 1 heterocycles. The molecule has 0 aliphatic heterocycles. The van der Waals surface area contributed by atoms with Crippen molar-refractivity contribution in [3.63, 3.8) is 0 Å².